The Balaban J connectivity index is 3.04. The molecule has 84 valence electrons. The van der Waals surface area contributed by atoms with E-state index in [4.69, 9.17) is 5.21 Å². The SMILES string of the molecule is C=NN(C)C=Nc1ccccc1C(C)=NO. The zero-order chi connectivity index (χ0) is 12.0. The summed E-state index contributed by atoms with van der Waals surface area (Å²) in [4.78, 5) is 4.22. The Bertz CT molecular complexity index is 426. The molecule has 0 aliphatic carbocycles. The lowest BCUT2D eigenvalue weighted by Crippen LogP contribution is -2.06. The second-order valence-corrected chi connectivity index (χ2v) is 3.16. The van der Waals surface area contributed by atoms with Crippen molar-refractivity contribution in [2.45, 2.75) is 6.92 Å². The van der Waals surface area contributed by atoms with E-state index >= 15 is 0 Å². The molecule has 1 rings (SSSR count). The van der Waals surface area contributed by atoms with E-state index in [0.29, 0.717) is 11.4 Å². The first-order valence-electron chi connectivity index (χ1n) is 4.70. The maximum Gasteiger partial charge on any atom is 0.112 e. The lowest BCUT2D eigenvalue weighted by Gasteiger charge is -2.05. The van der Waals surface area contributed by atoms with Crippen molar-refractivity contribution in [2.24, 2.45) is 15.2 Å². The first-order chi connectivity index (χ1) is 7.69. The third-order valence-electron chi connectivity index (χ3n) is 2.03. The van der Waals surface area contributed by atoms with Gasteiger partial charge in [-0.25, -0.2) is 4.99 Å². The Morgan fingerprint density at radius 3 is 2.75 bits per heavy atom. The fourth-order valence-corrected chi connectivity index (χ4v) is 1.13. The topological polar surface area (TPSA) is 60.5 Å². The molecule has 0 saturated carbocycles. The molecule has 1 N–H and O–H groups in total. The number of hydrogen-bond donors (Lipinski definition) is 1. The van der Waals surface area contributed by atoms with Gasteiger partial charge in [-0.1, -0.05) is 23.4 Å². The van der Waals surface area contributed by atoms with Crippen LogP contribution in [0.3, 0.4) is 0 Å². The largest absolute Gasteiger partial charge is 0.411 e. The van der Waals surface area contributed by atoms with Gasteiger partial charge in [0.25, 0.3) is 0 Å². The highest BCUT2D eigenvalue weighted by molar-refractivity contribution is 6.02. The van der Waals surface area contributed by atoms with Gasteiger partial charge in [0.15, 0.2) is 0 Å². The van der Waals surface area contributed by atoms with Crippen molar-refractivity contribution in [3.63, 3.8) is 0 Å². The van der Waals surface area contributed by atoms with E-state index in [-0.39, 0.29) is 0 Å². The summed E-state index contributed by atoms with van der Waals surface area (Å²) in [7, 11) is 1.73. The van der Waals surface area contributed by atoms with Crippen LogP contribution in [-0.2, 0) is 0 Å². The summed E-state index contributed by atoms with van der Waals surface area (Å²) >= 11 is 0. The van der Waals surface area contributed by atoms with Crippen LogP contribution in [0.25, 0.3) is 0 Å². The Kier molecular flexibility index (Phi) is 4.20. The van der Waals surface area contributed by atoms with Crippen LogP contribution in [-0.4, -0.2) is 36.0 Å². The van der Waals surface area contributed by atoms with Crippen molar-refractivity contribution in [2.75, 3.05) is 7.05 Å². The number of hydrazone groups is 1. The van der Waals surface area contributed by atoms with E-state index in [1.54, 1.807) is 14.0 Å². The van der Waals surface area contributed by atoms with Gasteiger partial charge >= 0.3 is 0 Å². The van der Waals surface area contributed by atoms with E-state index in [9.17, 15) is 0 Å². The standard InChI is InChI=1S/C11H14N4O/c1-9(14-16)10-6-4-5-7-11(10)13-8-15(3)12-2/h4-8,16H,2H2,1,3H3. The average Bonchev–Trinajstić information content (AvgIpc) is 2.35. The van der Waals surface area contributed by atoms with Gasteiger partial charge in [-0.3, -0.25) is 5.01 Å². The molecule has 0 radical (unpaired) electrons. The van der Waals surface area contributed by atoms with Gasteiger partial charge in [-0.15, -0.1) is 0 Å². The summed E-state index contributed by atoms with van der Waals surface area (Å²) in [6.45, 7) is 5.08. The fourth-order valence-electron chi connectivity index (χ4n) is 1.13. The Labute approximate surface area is 94.4 Å². The molecule has 16 heavy (non-hydrogen) atoms. The molecule has 0 aliphatic heterocycles. The molecule has 1 aromatic rings. The summed E-state index contributed by atoms with van der Waals surface area (Å²) in [5.41, 5.74) is 2.01. The number of para-hydroxylation sites is 1. The van der Waals surface area contributed by atoms with Crippen molar-refractivity contribution in [3.05, 3.63) is 29.8 Å². The summed E-state index contributed by atoms with van der Waals surface area (Å²) in [6, 6.07) is 7.39. The van der Waals surface area contributed by atoms with Crippen LogP contribution in [0.4, 0.5) is 5.69 Å². The number of nitrogens with zero attached hydrogens (tertiary/aromatic N) is 4. The van der Waals surface area contributed by atoms with Gasteiger partial charge in [0.05, 0.1) is 11.4 Å². The van der Waals surface area contributed by atoms with Gasteiger partial charge in [-0.2, -0.15) is 5.10 Å². The predicted molar refractivity (Wildman–Crippen MR) is 65.9 cm³/mol. The second-order valence-electron chi connectivity index (χ2n) is 3.16. The molecule has 0 aliphatic rings. The number of benzene rings is 1. The van der Waals surface area contributed by atoms with E-state index in [2.05, 4.69) is 22.0 Å². The Morgan fingerprint density at radius 2 is 2.12 bits per heavy atom. The minimum atomic E-state index is 0.516. The highest BCUT2D eigenvalue weighted by Gasteiger charge is 2.03. The van der Waals surface area contributed by atoms with Crippen LogP contribution in [0.2, 0.25) is 0 Å². The maximum absolute atomic E-state index is 8.73. The van der Waals surface area contributed by atoms with Crippen LogP contribution in [0, 0.1) is 0 Å². The van der Waals surface area contributed by atoms with Gasteiger partial charge in [-0.05, 0) is 13.0 Å². The third kappa shape index (κ3) is 2.91. The third-order valence-corrected chi connectivity index (χ3v) is 2.03. The highest BCUT2D eigenvalue weighted by atomic mass is 16.4. The van der Waals surface area contributed by atoms with Crippen LogP contribution < -0.4 is 0 Å². The van der Waals surface area contributed by atoms with Crippen LogP contribution in [0.1, 0.15) is 12.5 Å². The lowest BCUT2D eigenvalue weighted by atomic mass is 10.1. The first kappa shape index (κ1) is 11.9. The molecular weight excluding hydrogens is 204 g/mol. The van der Waals surface area contributed by atoms with Gasteiger partial charge < -0.3 is 5.21 Å². The van der Waals surface area contributed by atoms with Crippen LogP contribution in [0.15, 0.2) is 39.5 Å². The van der Waals surface area contributed by atoms with E-state index in [0.717, 1.165) is 5.56 Å². The van der Waals surface area contributed by atoms with E-state index < -0.39 is 0 Å². The van der Waals surface area contributed by atoms with Crippen molar-refractivity contribution >= 4 is 24.5 Å². The summed E-state index contributed by atoms with van der Waals surface area (Å²) < 4.78 is 0. The molecule has 0 atom stereocenters. The molecule has 0 saturated heterocycles. The number of aliphatic imine (C=N–C) groups is 1. The summed E-state index contributed by atoms with van der Waals surface area (Å²) in [5.74, 6) is 0. The van der Waals surface area contributed by atoms with E-state index in [1.807, 2.05) is 24.3 Å². The van der Waals surface area contributed by atoms with Crippen molar-refractivity contribution in [3.8, 4) is 0 Å². The Hall–Kier alpha value is -2.17. The summed E-state index contributed by atoms with van der Waals surface area (Å²) in [5, 5.41) is 17.0. The molecule has 0 unspecified atom stereocenters. The lowest BCUT2D eigenvalue weighted by molar-refractivity contribution is 0.319. The van der Waals surface area contributed by atoms with Gasteiger partial charge in [0.2, 0.25) is 0 Å². The zero-order valence-corrected chi connectivity index (χ0v) is 9.33. The van der Waals surface area contributed by atoms with Gasteiger partial charge in [0.1, 0.15) is 6.34 Å². The number of hydrogen-bond acceptors (Lipinski definition) is 4. The molecule has 5 heteroatoms. The molecule has 0 heterocycles. The highest BCUT2D eigenvalue weighted by Crippen LogP contribution is 2.18. The molecule has 5 nitrogen and oxygen atoms in total. The Morgan fingerprint density at radius 1 is 1.44 bits per heavy atom. The monoisotopic (exact) mass is 218 g/mol. The fraction of sp³-hybridized carbons (Fsp3) is 0.182. The zero-order valence-electron chi connectivity index (χ0n) is 9.33. The predicted octanol–water partition coefficient (Wildman–Crippen LogP) is 2.09. The second kappa shape index (κ2) is 5.65. The molecule has 0 bridgehead atoms. The average molecular weight is 218 g/mol. The van der Waals surface area contributed by atoms with E-state index in [1.165, 1.54) is 11.3 Å². The van der Waals surface area contributed by atoms with Crippen molar-refractivity contribution < 1.29 is 5.21 Å². The molecule has 1 aromatic carbocycles. The minimum Gasteiger partial charge on any atom is -0.411 e. The molecule has 0 aromatic heterocycles. The molecule has 0 amide bonds. The van der Waals surface area contributed by atoms with Crippen molar-refractivity contribution in [1.29, 1.82) is 0 Å². The number of oxime groups is 1. The van der Waals surface area contributed by atoms with Gasteiger partial charge in [0, 0.05) is 19.3 Å². The molecule has 0 spiro atoms. The minimum absolute atomic E-state index is 0.516. The van der Waals surface area contributed by atoms with Crippen molar-refractivity contribution in [1.82, 2.24) is 5.01 Å². The quantitative estimate of drug-likeness (QED) is 0.364. The summed E-state index contributed by atoms with van der Waals surface area (Å²) in [6.07, 6.45) is 1.54. The van der Waals surface area contributed by atoms with Crippen LogP contribution >= 0.6 is 0 Å². The maximum atomic E-state index is 8.73. The number of rotatable bonds is 4. The molecular formula is C11H14N4O. The first-order valence-corrected chi connectivity index (χ1v) is 4.70. The smallest absolute Gasteiger partial charge is 0.112 e. The normalized spacial score (nSPS) is 11.8. The van der Waals surface area contributed by atoms with Crippen LogP contribution in [0.5, 0.6) is 0 Å². The molecule has 0 fully saturated rings.